The SMILES string of the molecule is CC[C@H](Cn1ccnc1)NC(=O)Cc1cccs1. The molecule has 4 nitrogen and oxygen atoms in total. The van der Waals surface area contributed by atoms with E-state index in [1.54, 1.807) is 23.9 Å². The molecule has 0 fully saturated rings. The largest absolute Gasteiger partial charge is 0.351 e. The minimum Gasteiger partial charge on any atom is -0.351 e. The molecule has 0 aliphatic heterocycles. The van der Waals surface area contributed by atoms with Crippen LogP contribution >= 0.6 is 11.3 Å². The Morgan fingerprint density at radius 2 is 2.50 bits per heavy atom. The highest BCUT2D eigenvalue weighted by atomic mass is 32.1. The standard InChI is InChI=1S/C13H17N3OS/c1-2-11(9-16-6-5-14-10-16)15-13(17)8-12-4-3-7-18-12/h3-7,10-11H,2,8-9H2,1H3,(H,15,17)/t11-/m1/s1. The van der Waals surface area contributed by atoms with Crippen molar-refractivity contribution < 1.29 is 4.79 Å². The minimum absolute atomic E-state index is 0.0874. The Morgan fingerprint density at radius 3 is 3.11 bits per heavy atom. The molecule has 0 saturated carbocycles. The van der Waals surface area contributed by atoms with Gasteiger partial charge < -0.3 is 9.88 Å². The molecule has 18 heavy (non-hydrogen) atoms. The van der Waals surface area contributed by atoms with E-state index in [0.717, 1.165) is 17.8 Å². The molecule has 2 aromatic heterocycles. The molecule has 0 aliphatic rings. The van der Waals surface area contributed by atoms with E-state index in [-0.39, 0.29) is 11.9 Å². The molecule has 0 aromatic carbocycles. The lowest BCUT2D eigenvalue weighted by Gasteiger charge is -2.17. The van der Waals surface area contributed by atoms with E-state index < -0.39 is 0 Å². The van der Waals surface area contributed by atoms with Crippen LogP contribution in [0.25, 0.3) is 0 Å². The fourth-order valence-electron chi connectivity index (χ4n) is 1.78. The van der Waals surface area contributed by atoms with Gasteiger partial charge in [0.05, 0.1) is 12.7 Å². The van der Waals surface area contributed by atoms with Crippen molar-refractivity contribution in [2.75, 3.05) is 0 Å². The molecule has 0 radical (unpaired) electrons. The minimum atomic E-state index is 0.0874. The third-order valence-corrected chi connectivity index (χ3v) is 3.64. The van der Waals surface area contributed by atoms with Gasteiger partial charge in [-0.15, -0.1) is 11.3 Å². The smallest absolute Gasteiger partial charge is 0.225 e. The first-order chi connectivity index (χ1) is 8.78. The van der Waals surface area contributed by atoms with Crippen LogP contribution in [0.2, 0.25) is 0 Å². The first-order valence-corrected chi connectivity index (χ1v) is 6.93. The van der Waals surface area contributed by atoms with Gasteiger partial charge in [-0.25, -0.2) is 4.98 Å². The van der Waals surface area contributed by atoms with Crippen molar-refractivity contribution in [3.05, 3.63) is 41.1 Å². The molecule has 0 spiro atoms. The number of amides is 1. The van der Waals surface area contributed by atoms with Crippen LogP contribution in [0.5, 0.6) is 0 Å². The number of thiophene rings is 1. The summed E-state index contributed by atoms with van der Waals surface area (Å²) in [4.78, 5) is 17.0. The number of hydrogen-bond acceptors (Lipinski definition) is 3. The zero-order chi connectivity index (χ0) is 12.8. The summed E-state index contributed by atoms with van der Waals surface area (Å²) in [6.07, 6.45) is 6.81. The second kappa shape index (κ2) is 6.35. The first kappa shape index (κ1) is 12.8. The predicted molar refractivity (Wildman–Crippen MR) is 72.5 cm³/mol. The number of imidazole rings is 1. The van der Waals surface area contributed by atoms with E-state index in [1.807, 2.05) is 28.3 Å². The van der Waals surface area contributed by atoms with E-state index >= 15 is 0 Å². The highest BCUT2D eigenvalue weighted by Crippen LogP contribution is 2.09. The highest BCUT2D eigenvalue weighted by molar-refractivity contribution is 7.10. The van der Waals surface area contributed by atoms with Gasteiger partial charge in [-0.1, -0.05) is 13.0 Å². The lowest BCUT2D eigenvalue weighted by Crippen LogP contribution is -2.38. The fraction of sp³-hybridized carbons (Fsp3) is 0.385. The molecule has 1 amide bonds. The fourth-order valence-corrected chi connectivity index (χ4v) is 2.48. The van der Waals surface area contributed by atoms with Gasteiger partial charge in [0.25, 0.3) is 0 Å². The maximum absolute atomic E-state index is 11.9. The van der Waals surface area contributed by atoms with Crippen LogP contribution in [0.1, 0.15) is 18.2 Å². The molecule has 1 atom stereocenters. The van der Waals surface area contributed by atoms with Crippen LogP contribution in [0.3, 0.4) is 0 Å². The summed E-state index contributed by atoms with van der Waals surface area (Å²) in [6, 6.07) is 4.11. The van der Waals surface area contributed by atoms with E-state index in [4.69, 9.17) is 0 Å². The summed E-state index contributed by atoms with van der Waals surface area (Å²) in [6.45, 7) is 2.85. The van der Waals surface area contributed by atoms with E-state index in [0.29, 0.717) is 6.42 Å². The normalized spacial score (nSPS) is 12.3. The summed E-state index contributed by atoms with van der Waals surface area (Å²) >= 11 is 1.62. The molecular weight excluding hydrogens is 246 g/mol. The van der Waals surface area contributed by atoms with Gasteiger partial charge in [0.2, 0.25) is 5.91 Å². The zero-order valence-corrected chi connectivity index (χ0v) is 11.2. The second-order valence-electron chi connectivity index (χ2n) is 4.19. The molecule has 0 saturated heterocycles. The molecule has 0 unspecified atom stereocenters. The predicted octanol–water partition coefficient (Wildman–Crippen LogP) is 2.08. The molecule has 0 bridgehead atoms. The topological polar surface area (TPSA) is 46.9 Å². The maximum Gasteiger partial charge on any atom is 0.225 e. The molecule has 0 aliphatic carbocycles. The number of rotatable bonds is 6. The van der Waals surface area contributed by atoms with Gasteiger partial charge in [-0.05, 0) is 17.9 Å². The van der Waals surface area contributed by atoms with Crippen molar-refractivity contribution in [1.82, 2.24) is 14.9 Å². The number of hydrogen-bond donors (Lipinski definition) is 1. The molecule has 2 rings (SSSR count). The van der Waals surface area contributed by atoms with Gasteiger partial charge in [0.15, 0.2) is 0 Å². The number of carbonyl (C=O) groups is 1. The molecule has 5 heteroatoms. The van der Waals surface area contributed by atoms with Gasteiger partial charge in [0.1, 0.15) is 0 Å². The van der Waals surface area contributed by atoms with Gasteiger partial charge in [0, 0.05) is 29.9 Å². The Hall–Kier alpha value is -1.62. The van der Waals surface area contributed by atoms with Gasteiger partial charge in [-0.3, -0.25) is 4.79 Å². The Labute approximate surface area is 111 Å². The first-order valence-electron chi connectivity index (χ1n) is 6.05. The lowest BCUT2D eigenvalue weighted by molar-refractivity contribution is -0.121. The van der Waals surface area contributed by atoms with Crippen molar-refractivity contribution in [1.29, 1.82) is 0 Å². The van der Waals surface area contributed by atoms with Crippen LogP contribution < -0.4 is 5.32 Å². The molecule has 2 aromatic rings. The summed E-state index contributed by atoms with van der Waals surface area (Å²) in [5, 5.41) is 5.05. The van der Waals surface area contributed by atoms with Crippen LogP contribution in [0, 0.1) is 0 Å². The second-order valence-corrected chi connectivity index (χ2v) is 5.22. The summed E-state index contributed by atoms with van der Waals surface area (Å²) < 4.78 is 1.99. The Balaban J connectivity index is 1.84. The Bertz CT molecular complexity index is 464. The zero-order valence-electron chi connectivity index (χ0n) is 10.4. The monoisotopic (exact) mass is 263 g/mol. The van der Waals surface area contributed by atoms with Gasteiger partial charge in [-0.2, -0.15) is 0 Å². The summed E-state index contributed by atoms with van der Waals surface area (Å²) in [7, 11) is 0. The average Bonchev–Trinajstić information content (AvgIpc) is 3.01. The molecule has 1 N–H and O–H groups in total. The summed E-state index contributed by atoms with van der Waals surface area (Å²) in [5.74, 6) is 0.0874. The number of carbonyl (C=O) groups excluding carboxylic acids is 1. The Kier molecular flexibility index (Phi) is 4.52. The average molecular weight is 263 g/mol. The van der Waals surface area contributed by atoms with Crippen molar-refractivity contribution in [3.8, 4) is 0 Å². The van der Waals surface area contributed by atoms with Crippen LogP contribution in [0.15, 0.2) is 36.2 Å². The van der Waals surface area contributed by atoms with Crippen LogP contribution in [-0.2, 0) is 17.8 Å². The quantitative estimate of drug-likeness (QED) is 0.867. The Morgan fingerprint density at radius 1 is 1.61 bits per heavy atom. The van der Waals surface area contributed by atoms with Crippen LogP contribution in [-0.4, -0.2) is 21.5 Å². The number of aromatic nitrogens is 2. The van der Waals surface area contributed by atoms with Crippen molar-refractivity contribution >= 4 is 17.2 Å². The van der Waals surface area contributed by atoms with E-state index in [2.05, 4.69) is 17.2 Å². The van der Waals surface area contributed by atoms with Crippen molar-refractivity contribution in [2.45, 2.75) is 32.4 Å². The van der Waals surface area contributed by atoms with E-state index in [1.165, 1.54) is 0 Å². The number of nitrogens with one attached hydrogen (secondary N) is 1. The molecular formula is C13H17N3OS. The van der Waals surface area contributed by atoms with Crippen LogP contribution in [0.4, 0.5) is 0 Å². The molecule has 2 heterocycles. The maximum atomic E-state index is 11.9. The van der Waals surface area contributed by atoms with E-state index in [9.17, 15) is 4.79 Å². The highest BCUT2D eigenvalue weighted by Gasteiger charge is 2.11. The summed E-state index contributed by atoms with van der Waals surface area (Å²) in [5.41, 5.74) is 0. The van der Waals surface area contributed by atoms with Crippen molar-refractivity contribution in [2.24, 2.45) is 0 Å². The lowest BCUT2D eigenvalue weighted by atomic mass is 10.2. The van der Waals surface area contributed by atoms with Crippen molar-refractivity contribution in [3.63, 3.8) is 0 Å². The van der Waals surface area contributed by atoms with Gasteiger partial charge >= 0.3 is 0 Å². The third kappa shape index (κ3) is 3.70. The third-order valence-electron chi connectivity index (χ3n) is 2.76. The number of nitrogens with zero attached hydrogens (tertiary/aromatic N) is 2. The molecule has 96 valence electrons.